The molecule has 2 aromatic heterocycles. The van der Waals surface area contributed by atoms with Crippen molar-refractivity contribution in [3.05, 3.63) is 65.1 Å². The molecule has 0 atom stereocenters. The van der Waals surface area contributed by atoms with Gasteiger partial charge < -0.3 is 10.6 Å². The van der Waals surface area contributed by atoms with E-state index < -0.39 is 11.7 Å². The van der Waals surface area contributed by atoms with Crippen molar-refractivity contribution in [1.82, 2.24) is 20.2 Å². The van der Waals surface area contributed by atoms with Gasteiger partial charge in [0.05, 0.1) is 34.7 Å². The molecule has 0 radical (unpaired) electrons. The molecule has 134 valence electrons. The van der Waals surface area contributed by atoms with Crippen LogP contribution in [-0.2, 0) is 12.7 Å². The standard InChI is InChI=1S/C16H12ClF3N6/c17-12-5-4-10(16(18,19)20)7-13(12)24-14-9-23-26-15(25-14)22-8-11-3-1-2-6-21-11/h1-7,9H,8H2,(H2,22,24,25,26). The summed E-state index contributed by atoms with van der Waals surface area (Å²) in [5, 5.41) is 13.4. The van der Waals surface area contributed by atoms with Crippen molar-refractivity contribution < 1.29 is 13.2 Å². The van der Waals surface area contributed by atoms with E-state index in [0.29, 0.717) is 6.54 Å². The second kappa shape index (κ2) is 7.52. The monoisotopic (exact) mass is 380 g/mol. The van der Waals surface area contributed by atoms with Crippen LogP contribution in [0.2, 0.25) is 5.02 Å². The lowest BCUT2D eigenvalue weighted by Crippen LogP contribution is -2.08. The van der Waals surface area contributed by atoms with Gasteiger partial charge in [0.1, 0.15) is 0 Å². The van der Waals surface area contributed by atoms with Crippen LogP contribution < -0.4 is 10.6 Å². The molecule has 10 heteroatoms. The fourth-order valence-corrected chi connectivity index (χ4v) is 2.21. The zero-order chi connectivity index (χ0) is 18.6. The number of hydrogen-bond donors (Lipinski definition) is 2. The molecule has 0 aliphatic heterocycles. The van der Waals surface area contributed by atoms with E-state index in [1.807, 2.05) is 12.1 Å². The SMILES string of the molecule is FC(F)(F)c1ccc(Cl)c(Nc2cnnc(NCc3ccccn3)n2)c1. The Bertz CT molecular complexity index is 889. The second-order valence-electron chi connectivity index (χ2n) is 5.16. The summed E-state index contributed by atoms with van der Waals surface area (Å²) in [7, 11) is 0. The van der Waals surface area contributed by atoms with Gasteiger partial charge in [0, 0.05) is 6.20 Å². The van der Waals surface area contributed by atoms with Gasteiger partial charge in [-0.15, -0.1) is 5.10 Å². The van der Waals surface area contributed by atoms with Crippen molar-refractivity contribution in [3.63, 3.8) is 0 Å². The molecule has 3 aromatic rings. The largest absolute Gasteiger partial charge is 0.416 e. The van der Waals surface area contributed by atoms with Gasteiger partial charge in [0.2, 0.25) is 5.95 Å². The van der Waals surface area contributed by atoms with Gasteiger partial charge in [-0.3, -0.25) is 4.98 Å². The highest BCUT2D eigenvalue weighted by atomic mass is 35.5. The van der Waals surface area contributed by atoms with Gasteiger partial charge in [-0.2, -0.15) is 23.3 Å². The van der Waals surface area contributed by atoms with Gasteiger partial charge in [0.15, 0.2) is 5.82 Å². The van der Waals surface area contributed by atoms with E-state index in [4.69, 9.17) is 11.6 Å². The van der Waals surface area contributed by atoms with Crippen molar-refractivity contribution in [2.24, 2.45) is 0 Å². The van der Waals surface area contributed by atoms with E-state index in [-0.39, 0.29) is 22.5 Å². The Balaban J connectivity index is 1.75. The number of aromatic nitrogens is 4. The normalized spacial score (nSPS) is 11.2. The Labute approximate surface area is 151 Å². The summed E-state index contributed by atoms with van der Waals surface area (Å²) in [4.78, 5) is 8.30. The number of nitrogens with zero attached hydrogens (tertiary/aromatic N) is 4. The van der Waals surface area contributed by atoms with Crippen LogP contribution in [0.25, 0.3) is 0 Å². The molecule has 2 N–H and O–H groups in total. The molecule has 0 saturated heterocycles. The second-order valence-corrected chi connectivity index (χ2v) is 5.56. The Morgan fingerprint density at radius 3 is 2.69 bits per heavy atom. The number of alkyl halides is 3. The topological polar surface area (TPSA) is 75.6 Å². The van der Waals surface area contributed by atoms with Gasteiger partial charge in [0.25, 0.3) is 0 Å². The molecule has 0 amide bonds. The smallest absolute Gasteiger partial charge is 0.347 e. The van der Waals surface area contributed by atoms with Crippen molar-refractivity contribution in [1.29, 1.82) is 0 Å². The Morgan fingerprint density at radius 1 is 1.12 bits per heavy atom. The molecule has 0 fully saturated rings. The number of nitrogens with one attached hydrogen (secondary N) is 2. The van der Waals surface area contributed by atoms with Crippen molar-refractivity contribution in [2.75, 3.05) is 10.6 Å². The zero-order valence-corrected chi connectivity index (χ0v) is 13.9. The Hall–Kier alpha value is -2.94. The van der Waals surface area contributed by atoms with Gasteiger partial charge in [-0.25, -0.2) is 0 Å². The maximum Gasteiger partial charge on any atom is 0.416 e. The molecule has 2 heterocycles. The molecule has 6 nitrogen and oxygen atoms in total. The lowest BCUT2D eigenvalue weighted by Gasteiger charge is -2.12. The highest BCUT2D eigenvalue weighted by Crippen LogP contribution is 2.34. The quantitative estimate of drug-likeness (QED) is 0.687. The minimum absolute atomic E-state index is 0.0673. The van der Waals surface area contributed by atoms with Crippen LogP contribution in [0.4, 0.5) is 30.6 Å². The van der Waals surface area contributed by atoms with E-state index >= 15 is 0 Å². The average Bonchev–Trinajstić information content (AvgIpc) is 2.62. The highest BCUT2D eigenvalue weighted by Gasteiger charge is 2.31. The predicted octanol–water partition coefficient (Wildman–Crippen LogP) is 4.29. The lowest BCUT2D eigenvalue weighted by molar-refractivity contribution is -0.137. The molecule has 0 aliphatic carbocycles. The molecule has 26 heavy (non-hydrogen) atoms. The first-order valence-electron chi connectivity index (χ1n) is 7.39. The first-order valence-corrected chi connectivity index (χ1v) is 7.77. The zero-order valence-electron chi connectivity index (χ0n) is 13.1. The fraction of sp³-hybridized carbons (Fsp3) is 0.125. The summed E-state index contributed by atoms with van der Waals surface area (Å²) in [6, 6.07) is 8.45. The first-order chi connectivity index (χ1) is 12.4. The molecule has 0 aliphatic rings. The summed E-state index contributed by atoms with van der Waals surface area (Å²) >= 11 is 5.96. The Kier molecular flexibility index (Phi) is 5.17. The van der Waals surface area contributed by atoms with Gasteiger partial charge in [-0.1, -0.05) is 17.7 Å². The highest BCUT2D eigenvalue weighted by molar-refractivity contribution is 6.33. The Morgan fingerprint density at radius 2 is 1.96 bits per heavy atom. The van der Waals surface area contributed by atoms with Crippen LogP contribution >= 0.6 is 11.6 Å². The molecular weight excluding hydrogens is 369 g/mol. The number of anilines is 3. The summed E-state index contributed by atoms with van der Waals surface area (Å²) in [6.45, 7) is 0.371. The van der Waals surface area contributed by atoms with E-state index in [2.05, 4.69) is 30.8 Å². The predicted molar refractivity (Wildman–Crippen MR) is 91.1 cm³/mol. The first kappa shape index (κ1) is 17.9. The summed E-state index contributed by atoms with van der Waals surface area (Å²) in [5.41, 5.74) is 0.0213. The summed E-state index contributed by atoms with van der Waals surface area (Å²) in [6.07, 6.45) is -1.54. The van der Waals surface area contributed by atoms with Crippen molar-refractivity contribution >= 4 is 29.1 Å². The number of hydrogen-bond acceptors (Lipinski definition) is 6. The van der Waals surface area contributed by atoms with Crippen LogP contribution in [0.3, 0.4) is 0 Å². The minimum Gasteiger partial charge on any atom is -0.347 e. The molecule has 0 saturated carbocycles. The number of pyridine rings is 1. The van der Waals surface area contributed by atoms with Crippen LogP contribution in [0.5, 0.6) is 0 Å². The van der Waals surface area contributed by atoms with E-state index in [0.717, 1.165) is 17.8 Å². The third-order valence-electron chi connectivity index (χ3n) is 3.27. The van der Waals surface area contributed by atoms with E-state index in [1.54, 1.807) is 12.3 Å². The minimum atomic E-state index is -4.47. The number of benzene rings is 1. The molecule has 3 rings (SSSR count). The maximum absolute atomic E-state index is 12.8. The van der Waals surface area contributed by atoms with Gasteiger partial charge >= 0.3 is 6.18 Å². The molecule has 0 bridgehead atoms. The third-order valence-corrected chi connectivity index (χ3v) is 3.60. The summed E-state index contributed by atoms with van der Waals surface area (Å²) < 4.78 is 38.5. The summed E-state index contributed by atoms with van der Waals surface area (Å²) in [5.74, 6) is 0.397. The van der Waals surface area contributed by atoms with Gasteiger partial charge in [-0.05, 0) is 30.3 Å². The van der Waals surface area contributed by atoms with Crippen LogP contribution in [0.15, 0.2) is 48.8 Å². The molecule has 1 aromatic carbocycles. The van der Waals surface area contributed by atoms with E-state index in [1.165, 1.54) is 12.3 Å². The number of halogens is 4. The third kappa shape index (κ3) is 4.57. The van der Waals surface area contributed by atoms with Crippen molar-refractivity contribution in [2.45, 2.75) is 12.7 Å². The number of rotatable bonds is 5. The lowest BCUT2D eigenvalue weighted by atomic mass is 10.2. The average molecular weight is 381 g/mol. The molecule has 0 spiro atoms. The van der Waals surface area contributed by atoms with Crippen molar-refractivity contribution in [3.8, 4) is 0 Å². The van der Waals surface area contributed by atoms with E-state index in [9.17, 15) is 13.2 Å². The fourth-order valence-electron chi connectivity index (χ4n) is 2.05. The molecule has 0 unspecified atom stereocenters. The van der Waals surface area contributed by atoms with Crippen LogP contribution in [0.1, 0.15) is 11.3 Å². The maximum atomic E-state index is 12.8. The van der Waals surface area contributed by atoms with Crippen LogP contribution in [0, 0.1) is 0 Å². The van der Waals surface area contributed by atoms with Crippen LogP contribution in [-0.4, -0.2) is 20.2 Å². The molecular formula is C16H12ClF3N6.